The van der Waals surface area contributed by atoms with Crippen molar-refractivity contribution in [2.45, 2.75) is 109 Å². The van der Waals surface area contributed by atoms with E-state index >= 15 is 0 Å². The summed E-state index contributed by atoms with van der Waals surface area (Å²) in [6.07, 6.45) is 13.1. The zero-order chi connectivity index (χ0) is 42.3. The number of hydrogen-bond acceptors (Lipinski definition) is 8. The molecule has 61 heavy (non-hydrogen) atoms. The Hall–Kier alpha value is -5.07. The van der Waals surface area contributed by atoms with Crippen molar-refractivity contribution >= 4 is 45.7 Å². The molecule has 1 saturated carbocycles. The molecular weight excluding hydrogens is 770 g/mol. The molecule has 0 unspecified atom stereocenters. The van der Waals surface area contributed by atoms with Gasteiger partial charge in [0, 0.05) is 98.4 Å². The third-order valence-corrected chi connectivity index (χ3v) is 14.7. The number of allylic oxidation sites excluding steroid dienone is 1. The van der Waals surface area contributed by atoms with Crippen molar-refractivity contribution in [3.05, 3.63) is 95.1 Å². The first kappa shape index (κ1) is 40.0. The summed E-state index contributed by atoms with van der Waals surface area (Å²) in [5.74, 6) is 0.305. The first-order valence-corrected chi connectivity index (χ1v) is 22.4. The van der Waals surface area contributed by atoms with Crippen molar-refractivity contribution in [3.8, 4) is 0 Å². The predicted octanol–water partition coefficient (Wildman–Crippen LogP) is 7.45. The largest absolute Gasteiger partial charge is 0.370 e. The Morgan fingerprint density at radius 1 is 0.852 bits per heavy atom. The van der Waals surface area contributed by atoms with E-state index < -0.39 is 6.04 Å². The molecule has 1 atom stereocenters. The molecule has 4 aromatic rings. The molecular formula is C49H58FN7O4. The number of hydrogen-bond donors (Lipinski definition) is 2. The number of H-pyrrole nitrogens is 1. The van der Waals surface area contributed by atoms with E-state index in [9.17, 15) is 18.8 Å². The van der Waals surface area contributed by atoms with Crippen LogP contribution in [0.15, 0.2) is 67.0 Å². The molecule has 12 heteroatoms. The van der Waals surface area contributed by atoms with Gasteiger partial charge in [-0.1, -0.05) is 12.1 Å². The predicted molar refractivity (Wildman–Crippen MR) is 235 cm³/mol. The second-order valence-electron chi connectivity index (χ2n) is 20.0. The van der Waals surface area contributed by atoms with Gasteiger partial charge in [0.05, 0.1) is 11.2 Å². The summed E-state index contributed by atoms with van der Waals surface area (Å²) in [7, 11) is 0. The summed E-state index contributed by atoms with van der Waals surface area (Å²) in [4.78, 5) is 54.7. The van der Waals surface area contributed by atoms with Crippen LogP contribution in [-0.4, -0.2) is 100 Å². The molecule has 320 valence electrons. The number of halogens is 1. The maximum Gasteiger partial charge on any atom is 0.255 e. The second kappa shape index (κ2) is 15.1. The summed E-state index contributed by atoms with van der Waals surface area (Å²) >= 11 is 0. The van der Waals surface area contributed by atoms with Gasteiger partial charge in [-0.2, -0.15) is 0 Å². The standard InChI is InChI=1S/C49H58FN7O4/c1-47(2)24-31(25-48(3,4)61-47)21-38(32-5-9-41-39(23-32)40(50)29-51-41)33-6-11-43(52-28-33)56-15-13-49(14-16-56)26-36(27-49)55-19-17-54(18-20-55)35-7-8-37-34(22-35)30-57(46(37)60)42-10-12-44(58)53-45(42)59/h5-9,11,21-23,28-29,31,36,42,51H,10,12-20,24-27,30H2,1-4H3,(H,53,58,59)/t42-/m0/s1. The first-order chi connectivity index (χ1) is 29.2. The van der Waals surface area contributed by atoms with E-state index in [1.807, 2.05) is 30.5 Å². The molecule has 2 aromatic heterocycles. The quantitative estimate of drug-likeness (QED) is 0.185. The summed E-state index contributed by atoms with van der Waals surface area (Å²) in [5.41, 5.74) is 6.58. The highest BCUT2D eigenvalue weighted by atomic mass is 19.1. The minimum absolute atomic E-state index is 0.127. The number of anilines is 2. The number of nitrogens with one attached hydrogen (secondary N) is 2. The summed E-state index contributed by atoms with van der Waals surface area (Å²) in [6.45, 7) is 15.0. The van der Waals surface area contributed by atoms with Crippen LogP contribution < -0.4 is 15.1 Å². The van der Waals surface area contributed by atoms with E-state index in [2.05, 4.69) is 83.0 Å². The number of carbonyl (C=O) groups excluding carboxylic acids is 3. The normalized spacial score (nSPS) is 24.7. The van der Waals surface area contributed by atoms with Gasteiger partial charge in [0.15, 0.2) is 0 Å². The minimum Gasteiger partial charge on any atom is -0.370 e. The van der Waals surface area contributed by atoms with Crippen LogP contribution in [0.5, 0.6) is 0 Å². The highest BCUT2D eigenvalue weighted by Gasteiger charge is 2.48. The molecule has 0 radical (unpaired) electrons. The van der Waals surface area contributed by atoms with E-state index in [-0.39, 0.29) is 41.2 Å². The van der Waals surface area contributed by atoms with E-state index in [4.69, 9.17) is 9.72 Å². The lowest BCUT2D eigenvalue weighted by Crippen LogP contribution is -2.59. The van der Waals surface area contributed by atoms with E-state index in [0.717, 1.165) is 91.4 Å². The fourth-order valence-electron chi connectivity index (χ4n) is 11.8. The van der Waals surface area contributed by atoms with Crippen LogP contribution in [0.2, 0.25) is 0 Å². The molecule has 3 amide bonds. The average Bonchev–Trinajstić information content (AvgIpc) is 3.75. The van der Waals surface area contributed by atoms with Crippen molar-refractivity contribution in [2.75, 3.05) is 49.1 Å². The third-order valence-electron chi connectivity index (χ3n) is 14.7. The van der Waals surface area contributed by atoms with E-state index in [1.165, 1.54) is 31.9 Å². The number of benzene rings is 2. The zero-order valence-corrected chi connectivity index (χ0v) is 35.9. The molecule has 4 saturated heterocycles. The maximum atomic E-state index is 14.8. The van der Waals surface area contributed by atoms with E-state index in [1.54, 1.807) is 4.90 Å². The number of piperidine rings is 2. The number of fused-ring (bicyclic) bond motifs is 2. The van der Waals surface area contributed by atoms with Gasteiger partial charge in [-0.05, 0) is 143 Å². The highest BCUT2D eigenvalue weighted by Crippen LogP contribution is 2.51. The van der Waals surface area contributed by atoms with Crippen molar-refractivity contribution in [2.24, 2.45) is 11.3 Å². The number of amides is 3. The first-order valence-electron chi connectivity index (χ1n) is 22.4. The summed E-state index contributed by atoms with van der Waals surface area (Å²) in [5, 5.41) is 2.99. The SMILES string of the molecule is CC1(C)CC(C=C(c2ccc(N3CCC4(CC3)CC(N3CCN(c5ccc6c(c5)CN([C@H]5CCC(=O)NC5=O)C6=O)CC3)C4)nc2)c2ccc3[nH]cc(F)c3c2)CC(C)(C)O1. The smallest absolute Gasteiger partial charge is 0.255 e. The van der Waals surface area contributed by atoms with Gasteiger partial charge < -0.3 is 24.4 Å². The number of aromatic nitrogens is 2. The highest BCUT2D eigenvalue weighted by molar-refractivity contribution is 6.05. The molecule has 2 aromatic carbocycles. The van der Waals surface area contributed by atoms with Crippen LogP contribution in [0.25, 0.3) is 16.5 Å². The van der Waals surface area contributed by atoms with Crippen molar-refractivity contribution in [3.63, 3.8) is 0 Å². The number of carbonyl (C=O) groups is 3. The van der Waals surface area contributed by atoms with Crippen LogP contribution in [-0.2, 0) is 20.9 Å². The van der Waals surface area contributed by atoms with Gasteiger partial charge in [0.25, 0.3) is 5.91 Å². The maximum absolute atomic E-state index is 14.8. The fraction of sp³-hybridized carbons (Fsp3) is 0.510. The Morgan fingerprint density at radius 2 is 1.59 bits per heavy atom. The molecule has 0 bridgehead atoms. The lowest BCUT2D eigenvalue weighted by molar-refractivity contribution is -0.166. The lowest BCUT2D eigenvalue weighted by Gasteiger charge is -2.56. The number of rotatable bonds is 7. The van der Waals surface area contributed by atoms with Gasteiger partial charge in [-0.15, -0.1) is 0 Å². The molecule has 6 aliphatic rings. The van der Waals surface area contributed by atoms with Crippen LogP contribution in [0, 0.1) is 17.2 Å². The number of imide groups is 1. The summed E-state index contributed by atoms with van der Waals surface area (Å²) < 4.78 is 21.2. The van der Waals surface area contributed by atoms with Crippen LogP contribution in [0.1, 0.15) is 106 Å². The lowest BCUT2D eigenvalue weighted by atomic mass is 9.60. The molecule has 5 fully saturated rings. The van der Waals surface area contributed by atoms with Crippen molar-refractivity contribution < 1.29 is 23.5 Å². The second-order valence-corrected chi connectivity index (χ2v) is 20.0. The molecule has 1 aliphatic carbocycles. The number of nitrogens with zero attached hydrogens (tertiary/aromatic N) is 5. The van der Waals surface area contributed by atoms with Crippen molar-refractivity contribution in [1.29, 1.82) is 0 Å². The Morgan fingerprint density at radius 3 is 2.30 bits per heavy atom. The number of pyridine rings is 1. The monoisotopic (exact) mass is 827 g/mol. The van der Waals surface area contributed by atoms with Crippen molar-refractivity contribution in [1.82, 2.24) is 25.1 Å². The zero-order valence-electron chi connectivity index (χ0n) is 35.9. The Balaban J connectivity index is 0.745. The topological polar surface area (TPSA) is 114 Å². The van der Waals surface area contributed by atoms with Gasteiger partial charge >= 0.3 is 0 Å². The fourth-order valence-corrected chi connectivity index (χ4v) is 11.8. The van der Waals surface area contributed by atoms with Gasteiger partial charge in [-0.25, -0.2) is 9.37 Å². The van der Waals surface area contributed by atoms with E-state index in [0.29, 0.717) is 41.3 Å². The van der Waals surface area contributed by atoms with Gasteiger partial charge in [0.2, 0.25) is 11.8 Å². The molecule has 11 nitrogen and oxygen atoms in total. The summed E-state index contributed by atoms with van der Waals surface area (Å²) in [6, 6.07) is 16.5. The average molecular weight is 828 g/mol. The number of aromatic amines is 1. The Kier molecular flexibility index (Phi) is 9.90. The van der Waals surface area contributed by atoms with Gasteiger partial charge in [0.1, 0.15) is 17.7 Å². The number of piperazine rings is 1. The van der Waals surface area contributed by atoms with Crippen LogP contribution in [0.3, 0.4) is 0 Å². The molecule has 7 heterocycles. The molecule has 5 aliphatic heterocycles. The number of ether oxygens (including phenoxy) is 1. The Labute approximate surface area is 357 Å². The third kappa shape index (κ3) is 7.75. The van der Waals surface area contributed by atoms with Crippen LogP contribution >= 0.6 is 0 Å². The van der Waals surface area contributed by atoms with Gasteiger partial charge in [-0.3, -0.25) is 24.6 Å². The molecule has 2 N–H and O–H groups in total. The molecule has 10 rings (SSSR count). The van der Waals surface area contributed by atoms with Crippen LogP contribution in [0.4, 0.5) is 15.9 Å². The Bertz CT molecular complexity index is 2380. The molecule has 1 spiro atoms. The minimum atomic E-state index is -0.594.